The number of carboxylic acids is 1. The molecule has 1 atom stereocenters. The number of carbonyl (C=O) groups is 4. The molecular weight excluding hydrogens is 426 g/mol. The second kappa shape index (κ2) is 10.3. The highest BCUT2D eigenvalue weighted by molar-refractivity contribution is 6.20. The van der Waals surface area contributed by atoms with Crippen molar-refractivity contribution in [3.63, 3.8) is 0 Å². The molecule has 0 bridgehead atoms. The minimum Gasteiger partial charge on any atom is -0.477 e. The van der Waals surface area contributed by atoms with Gasteiger partial charge in [0.05, 0.1) is 0 Å². The van der Waals surface area contributed by atoms with Crippen LogP contribution >= 0.6 is 0 Å². The van der Waals surface area contributed by atoms with Crippen LogP contribution in [-0.2, 0) is 32.0 Å². The summed E-state index contributed by atoms with van der Waals surface area (Å²) >= 11 is 0. The minimum atomic E-state index is -1.11. The first-order valence-corrected chi connectivity index (χ1v) is 10.6. The summed E-state index contributed by atoms with van der Waals surface area (Å²) < 4.78 is 4.85. The number of hydrogen-bond donors (Lipinski definition) is 3. The molecule has 0 aliphatic carbocycles. The largest absolute Gasteiger partial charge is 0.477 e. The van der Waals surface area contributed by atoms with E-state index in [4.69, 9.17) is 4.74 Å². The summed E-state index contributed by atoms with van der Waals surface area (Å²) in [6, 6.07) is 5.47. The number of nitrogens with one attached hydrogen (secondary N) is 2. The van der Waals surface area contributed by atoms with Crippen LogP contribution in [0.15, 0.2) is 41.5 Å². The Morgan fingerprint density at radius 2 is 2.06 bits per heavy atom. The van der Waals surface area contributed by atoms with Gasteiger partial charge in [0, 0.05) is 34.6 Å². The van der Waals surface area contributed by atoms with E-state index in [0.29, 0.717) is 40.5 Å². The molecule has 1 aliphatic rings. The van der Waals surface area contributed by atoms with Crippen LogP contribution in [0.25, 0.3) is 10.9 Å². The van der Waals surface area contributed by atoms with Gasteiger partial charge in [-0.3, -0.25) is 19.3 Å². The fourth-order valence-corrected chi connectivity index (χ4v) is 4.05. The third-order valence-electron chi connectivity index (χ3n) is 5.80. The highest BCUT2D eigenvalue weighted by atomic mass is 16.5. The lowest BCUT2D eigenvalue weighted by Gasteiger charge is -2.16. The molecule has 174 valence electrons. The van der Waals surface area contributed by atoms with Crippen molar-refractivity contribution in [1.82, 2.24) is 15.2 Å². The Morgan fingerprint density at radius 3 is 2.70 bits per heavy atom. The molecule has 2 aromatic rings. The van der Waals surface area contributed by atoms with Gasteiger partial charge in [0.25, 0.3) is 18.3 Å². The van der Waals surface area contributed by atoms with Gasteiger partial charge in [0.15, 0.2) is 0 Å². The van der Waals surface area contributed by atoms with Gasteiger partial charge in [-0.1, -0.05) is 18.2 Å². The fourth-order valence-electron chi connectivity index (χ4n) is 4.05. The predicted molar refractivity (Wildman–Crippen MR) is 122 cm³/mol. The minimum absolute atomic E-state index is 0.0362. The molecule has 1 aromatic carbocycles. The zero-order chi connectivity index (χ0) is 24.1. The molecule has 2 amide bonds. The number of benzene rings is 1. The maximum Gasteiger partial charge on any atom is 0.352 e. The molecule has 0 spiro atoms. The average Bonchev–Trinajstić information content (AvgIpc) is 3.26. The third-order valence-corrected chi connectivity index (χ3v) is 5.80. The zero-order valence-electron chi connectivity index (χ0n) is 18.8. The van der Waals surface area contributed by atoms with Crippen LogP contribution in [0.5, 0.6) is 0 Å². The molecule has 0 fully saturated rings. The van der Waals surface area contributed by atoms with Crippen molar-refractivity contribution in [3.8, 4) is 0 Å². The molecule has 1 unspecified atom stereocenters. The summed E-state index contributed by atoms with van der Waals surface area (Å²) in [5.41, 5.74) is 2.89. The number of H-pyrrole nitrogens is 1. The van der Waals surface area contributed by atoms with Crippen molar-refractivity contribution < 1.29 is 29.0 Å². The molecule has 3 rings (SSSR count). The average molecular weight is 453 g/mol. The number of aromatic amines is 1. The first-order valence-electron chi connectivity index (χ1n) is 10.6. The number of carbonyl (C=O) groups excluding carboxylic acids is 3. The normalized spacial score (nSPS) is 15.2. The van der Waals surface area contributed by atoms with E-state index in [9.17, 15) is 24.3 Å². The Balaban J connectivity index is 1.89. The Hall–Kier alpha value is -3.72. The highest BCUT2D eigenvalue weighted by Crippen LogP contribution is 2.27. The van der Waals surface area contributed by atoms with Crippen molar-refractivity contribution in [2.45, 2.75) is 32.7 Å². The zero-order valence-corrected chi connectivity index (χ0v) is 18.8. The molecular formula is C24H27N3O6. The summed E-state index contributed by atoms with van der Waals surface area (Å²) in [5, 5.41) is 13.5. The van der Waals surface area contributed by atoms with Crippen molar-refractivity contribution in [1.29, 1.82) is 0 Å². The maximum absolute atomic E-state index is 12.7. The van der Waals surface area contributed by atoms with E-state index in [2.05, 4.69) is 10.3 Å². The maximum atomic E-state index is 12.7. The summed E-state index contributed by atoms with van der Waals surface area (Å²) in [6.07, 6.45) is 4.08. The first kappa shape index (κ1) is 23.9. The van der Waals surface area contributed by atoms with E-state index in [1.165, 1.54) is 0 Å². The fraction of sp³-hybridized carbons (Fsp3) is 0.333. The molecule has 9 nitrogen and oxygen atoms in total. The lowest BCUT2D eigenvalue weighted by Crippen LogP contribution is -2.33. The molecule has 1 aromatic heterocycles. The van der Waals surface area contributed by atoms with Crippen LogP contribution in [0.2, 0.25) is 0 Å². The molecule has 3 N–H and O–H groups in total. The number of ether oxygens (including phenoxy) is 1. The van der Waals surface area contributed by atoms with Crippen molar-refractivity contribution in [3.05, 3.63) is 58.3 Å². The van der Waals surface area contributed by atoms with E-state index in [1.54, 1.807) is 39.1 Å². The molecule has 33 heavy (non-hydrogen) atoms. The first-order chi connectivity index (χ1) is 15.8. The number of hydrogen-bond acceptors (Lipinski definition) is 6. The van der Waals surface area contributed by atoms with Gasteiger partial charge in [-0.15, -0.1) is 0 Å². The standard InChI is InChI=1S/C24H27N3O6/c1-4-5-17-14(2)22(29)27(23(17)30)9-8-18-19-11-15(10-16(25-3)12-33-13-28)6-7-20(19)26-21(18)24(31)32/h4-7,11,13,16,25-26H,8-10,12H2,1-3H3,(H,31,32)/b5-4-. The number of imide groups is 1. The van der Waals surface area contributed by atoms with Gasteiger partial charge >= 0.3 is 5.97 Å². The molecule has 2 heterocycles. The number of allylic oxidation sites excluding steroid dienone is 1. The molecule has 0 saturated carbocycles. The second-order valence-electron chi connectivity index (χ2n) is 7.83. The summed E-state index contributed by atoms with van der Waals surface area (Å²) in [7, 11) is 1.77. The number of aromatic carboxylic acids is 1. The van der Waals surface area contributed by atoms with Gasteiger partial charge in [0.2, 0.25) is 0 Å². The SMILES string of the molecule is C/C=C\C1=C(C)C(=O)N(CCc2c(C(=O)O)[nH]c3ccc(CC(COC=O)NC)cc23)C1=O. The molecule has 9 heteroatoms. The number of likely N-dealkylation sites (N-methyl/N-ethyl adjacent to an activating group) is 1. The molecule has 0 saturated heterocycles. The van der Waals surface area contributed by atoms with Crippen LogP contribution in [0.1, 0.15) is 35.5 Å². The lowest BCUT2D eigenvalue weighted by molar-refractivity contribution is -0.137. The monoisotopic (exact) mass is 453 g/mol. The molecule has 1 aliphatic heterocycles. The number of carboxylic acid groups (broad SMARTS) is 1. The van der Waals surface area contributed by atoms with E-state index in [0.717, 1.165) is 10.5 Å². The smallest absolute Gasteiger partial charge is 0.352 e. The number of amides is 2. The van der Waals surface area contributed by atoms with E-state index in [1.807, 2.05) is 12.1 Å². The Bertz CT molecular complexity index is 1160. The van der Waals surface area contributed by atoms with Gasteiger partial charge < -0.3 is 20.1 Å². The number of nitrogens with zero attached hydrogens (tertiary/aromatic N) is 1. The highest BCUT2D eigenvalue weighted by Gasteiger charge is 2.34. The van der Waals surface area contributed by atoms with Gasteiger partial charge in [-0.25, -0.2) is 4.79 Å². The van der Waals surface area contributed by atoms with Crippen LogP contribution in [0.4, 0.5) is 0 Å². The van der Waals surface area contributed by atoms with Gasteiger partial charge in [0.1, 0.15) is 12.3 Å². The van der Waals surface area contributed by atoms with Crippen LogP contribution < -0.4 is 5.32 Å². The van der Waals surface area contributed by atoms with Gasteiger partial charge in [-0.05, 0) is 57.0 Å². The Labute approximate surface area is 191 Å². The van der Waals surface area contributed by atoms with Crippen LogP contribution in [0, 0.1) is 0 Å². The predicted octanol–water partition coefficient (Wildman–Crippen LogP) is 1.97. The van der Waals surface area contributed by atoms with Crippen molar-refractivity contribution >= 4 is 35.2 Å². The number of fused-ring (bicyclic) bond motifs is 1. The summed E-state index contributed by atoms with van der Waals surface area (Å²) in [6.45, 7) is 4.06. The summed E-state index contributed by atoms with van der Waals surface area (Å²) in [5.74, 6) is -1.85. The molecule has 0 radical (unpaired) electrons. The Morgan fingerprint density at radius 1 is 1.30 bits per heavy atom. The number of rotatable bonds is 11. The van der Waals surface area contributed by atoms with Crippen molar-refractivity contribution in [2.24, 2.45) is 0 Å². The van der Waals surface area contributed by atoms with Gasteiger partial charge in [-0.2, -0.15) is 0 Å². The number of aromatic nitrogens is 1. The second-order valence-corrected chi connectivity index (χ2v) is 7.83. The quantitative estimate of drug-likeness (QED) is 0.350. The lowest BCUT2D eigenvalue weighted by atomic mass is 10.0. The summed E-state index contributed by atoms with van der Waals surface area (Å²) in [4.78, 5) is 51.7. The third kappa shape index (κ3) is 4.88. The Kier molecular flexibility index (Phi) is 7.44. The van der Waals surface area contributed by atoms with Crippen LogP contribution in [-0.4, -0.2) is 65.5 Å². The topological polar surface area (TPSA) is 129 Å². The van der Waals surface area contributed by atoms with Crippen LogP contribution in [0.3, 0.4) is 0 Å². The van der Waals surface area contributed by atoms with E-state index < -0.39 is 5.97 Å². The van der Waals surface area contributed by atoms with E-state index in [-0.39, 0.29) is 43.1 Å². The van der Waals surface area contributed by atoms with E-state index >= 15 is 0 Å². The van der Waals surface area contributed by atoms with Crippen molar-refractivity contribution in [2.75, 3.05) is 20.2 Å².